The van der Waals surface area contributed by atoms with Crippen molar-refractivity contribution < 1.29 is 18.1 Å². The Morgan fingerprint density at radius 2 is 1.74 bits per heavy atom. The fourth-order valence-electron chi connectivity index (χ4n) is 3.53. The highest BCUT2D eigenvalue weighted by Crippen LogP contribution is 2.36. The van der Waals surface area contributed by atoms with Crippen LogP contribution in [-0.2, 0) is 12.7 Å². The molecule has 1 aliphatic rings. The minimum absolute atomic E-state index is 0.187. The second-order valence-corrected chi connectivity index (χ2v) is 7.06. The predicted molar refractivity (Wildman–Crippen MR) is 105 cm³/mol. The molecule has 12 heteroatoms. The van der Waals surface area contributed by atoms with Crippen molar-refractivity contribution >= 4 is 11.4 Å². The van der Waals surface area contributed by atoms with Gasteiger partial charge in [-0.3, -0.25) is 15.0 Å². The number of aromatic nitrogens is 4. The molecule has 0 spiro atoms. The van der Waals surface area contributed by atoms with Crippen molar-refractivity contribution in [2.75, 3.05) is 31.1 Å². The molecule has 1 aliphatic heterocycles. The van der Waals surface area contributed by atoms with Crippen molar-refractivity contribution in [1.29, 1.82) is 0 Å². The zero-order valence-corrected chi connectivity index (χ0v) is 16.2. The zero-order valence-electron chi connectivity index (χ0n) is 16.2. The molecule has 0 atom stereocenters. The topological polar surface area (TPSA) is 93.2 Å². The number of halogens is 3. The van der Waals surface area contributed by atoms with Gasteiger partial charge in [0.25, 0.3) is 5.69 Å². The van der Waals surface area contributed by atoms with Crippen LogP contribution >= 0.6 is 0 Å². The molecule has 4 rings (SSSR count). The van der Waals surface area contributed by atoms with Crippen molar-refractivity contribution in [2.45, 2.75) is 12.7 Å². The summed E-state index contributed by atoms with van der Waals surface area (Å²) in [5, 5.41) is 23.2. The Morgan fingerprint density at radius 3 is 2.39 bits per heavy atom. The van der Waals surface area contributed by atoms with Gasteiger partial charge in [-0.25, -0.2) is 0 Å². The van der Waals surface area contributed by atoms with E-state index in [0.29, 0.717) is 44.6 Å². The van der Waals surface area contributed by atoms with Crippen LogP contribution in [0.4, 0.5) is 24.5 Å². The van der Waals surface area contributed by atoms with E-state index in [-0.39, 0.29) is 5.69 Å². The van der Waals surface area contributed by atoms with E-state index in [1.165, 1.54) is 6.07 Å². The summed E-state index contributed by atoms with van der Waals surface area (Å²) in [6, 6.07) is 12.1. The normalized spacial score (nSPS) is 15.3. The summed E-state index contributed by atoms with van der Waals surface area (Å²) in [7, 11) is 0. The van der Waals surface area contributed by atoms with Crippen LogP contribution in [0.5, 0.6) is 0 Å². The molecule has 2 heterocycles. The number of tetrazole rings is 1. The van der Waals surface area contributed by atoms with E-state index in [4.69, 9.17) is 0 Å². The van der Waals surface area contributed by atoms with Crippen molar-refractivity contribution in [3.05, 3.63) is 70.0 Å². The van der Waals surface area contributed by atoms with Gasteiger partial charge in [-0.2, -0.15) is 17.9 Å². The summed E-state index contributed by atoms with van der Waals surface area (Å²) in [5.74, 6) is 0.653. The Balaban J connectivity index is 1.45. The molecule has 2 aromatic carbocycles. The van der Waals surface area contributed by atoms with Gasteiger partial charge >= 0.3 is 6.18 Å². The molecule has 162 valence electrons. The van der Waals surface area contributed by atoms with Gasteiger partial charge in [0.05, 0.1) is 22.7 Å². The van der Waals surface area contributed by atoms with Crippen LogP contribution in [0.3, 0.4) is 0 Å². The van der Waals surface area contributed by atoms with Crippen molar-refractivity contribution in [3.8, 4) is 5.69 Å². The number of nitro benzene ring substituents is 1. The first kappa shape index (κ1) is 20.7. The SMILES string of the molecule is O=[N+]([O-])c1cc(C(F)(F)F)ccc1N1CCN(Cc2nnnn2-c2ccccc2)CC1. The predicted octanol–water partition coefficient (Wildman–Crippen LogP) is 2.91. The van der Waals surface area contributed by atoms with Crippen LogP contribution < -0.4 is 4.90 Å². The summed E-state index contributed by atoms with van der Waals surface area (Å²) < 4.78 is 40.4. The Morgan fingerprint density at radius 1 is 1.03 bits per heavy atom. The largest absolute Gasteiger partial charge is 0.416 e. The average Bonchev–Trinajstić information content (AvgIpc) is 3.22. The monoisotopic (exact) mass is 433 g/mol. The summed E-state index contributed by atoms with van der Waals surface area (Å²) in [5.41, 5.74) is -0.557. The van der Waals surface area contributed by atoms with Crippen LogP contribution in [-0.4, -0.2) is 56.2 Å². The molecule has 1 saturated heterocycles. The maximum atomic E-state index is 12.9. The van der Waals surface area contributed by atoms with Gasteiger partial charge in [0.1, 0.15) is 5.69 Å². The maximum absolute atomic E-state index is 12.9. The molecule has 0 aliphatic carbocycles. The number of piperazine rings is 1. The van der Waals surface area contributed by atoms with Crippen molar-refractivity contribution in [3.63, 3.8) is 0 Å². The summed E-state index contributed by atoms with van der Waals surface area (Å²) in [6.07, 6.45) is -4.63. The van der Waals surface area contributed by atoms with Gasteiger partial charge in [0.2, 0.25) is 0 Å². The van der Waals surface area contributed by atoms with Crippen LogP contribution in [0.15, 0.2) is 48.5 Å². The molecular weight excluding hydrogens is 415 g/mol. The molecule has 0 radical (unpaired) electrons. The Hall–Kier alpha value is -3.54. The van der Waals surface area contributed by atoms with Gasteiger partial charge in [-0.1, -0.05) is 18.2 Å². The lowest BCUT2D eigenvalue weighted by Crippen LogP contribution is -2.46. The summed E-state index contributed by atoms with van der Waals surface area (Å²) in [6.45, 7) is 2.45. The van der Waals surface area contributed by atoms with E-state index in [9.17, 15) is 23.3 Å². The van der Waals surface area contributed by atoms with Crippen LogP contribution in [0.25, 0.3) is 5.69 Å². The third-order valence-electron chi connectivity index (χ3n) is 5.11. The Kier molecular flexibility index (Phi) is 5.55. The highest BCUT2D eigenvalue weighted by atomic mass is 19.4. The molecule has 31 heavy (non-hydrogen) atoms. The minimum atomic E-state index is -4.63. The summed E-state index contributed by atoms with van der Waals surface area (Å²) >= 11 is 0. The second-order valence-electron chi connectivity index (χ2n) is 7.06. The molecule has 1 fully saturated rings. The van der Waals surface area contributed by atoms with Crippen molar-refractivity contribution in [2.24, 2.45) is 0 Å². The first-order chi connectivity index (χ1) is 14.8. The van der Waals surface area contributed by atoms with Gasteiger partial charge in [-0.05, 0) is 34.7 Å². The Labute approximate surface area is 174 Å². The molecule has 0 unspecified atom stereocenters. The first-order valence-corrected chi connectivity index (χ1v) is 9.48. The van der Waals surface area contributed by atoms with E-state index in [1.807, 2.05) is 30.3 Å². The highest BCUT2D eigenvalue weighted by molar-refractivity contribution is 5.65. The lowest BCUT2D eigenvalue weighted by atomic mass is 10.1. The fourth-order valence-corrected chi connectivity index (χ4v) is 3.53. The minimum Gasteiger partial charge on any atom is -0.363 e. The standard InChI is InChI=1S/C19H18F3N7O2/c20-19(21,22)14-6-7-16(17(12-14)29(30)31)27-10-8-26(9-11-27)13-18-23-24-25-28(18)15-4-2-1-3-5-15/h1-7,12H,8-11,13H2. The first-order valence-electron chi connectivity index (χ1n) is 9.48. The van der Waals surface area contributed by atoms with Gasteiger partial charge < -0.3 is 4.90 Å². The molecule has 0 amide bonds. The number of para-hydroxylation sites is 1. The van der Waals surface area contributed by atoms with Crippen LogP contribution in [0.2, 0.25) is 0 Å². The van der Waals surface area contributed by atoms with Gasteiger partial charge in [-0.15, -0.1) is 5.10 Å². The van der Waals surface area contributed by atoms with Gasteiger partial charge in [0.15, 0.2) is 5.82 Å². The van der Waals surface area contributed by atoms with E-state index >= 15 is 0 Å². The lowest BCUT2D eigenvalue weighted by molar-refractivity contribution is -0.384. The third-order valence-corrected chi connectivity index (χ3v) is 5.11. The second kappa shape index (κ2) is 8.30. The van der Waals surface area contributed by atoms with Crippen molar-refractivity contribution in [1.82, 2.24) is 25.1 Å². The van der Waals surface area contributed by atoms with Crippen LogP contribution in [0, 0.1) is 10.1 Å². The molecule has 0 bridgehead atoms. The molecule has 1 aromatic heterocycles. The van der Waals surface area contributed by atoms with E-state index in [2.05, 4.69) is 20.4 Å². The zero-order chi connectivity index (χ0) is 22.0. The van der Waals surface area contributed by atoms with Gasteiger partial charge in [0, 0.05) is 32.2 Å². The number of benzene rings is 2. The quantitative estimate of drug-likeness (QED) is 0.451. The van der Waals surface area contributed by atoms with Crippen LogP contribution in [0.1, 0.15) is 11.4 Å². The number of alkyl halides is 3. The van der Waals surface area contributed by atoms with E-state index < -0.39 is 22.4 Å². The Bertz CT molecular complexity index is 1060. The molecule has 0 N–H and O–H groups in total. The fraction of sp³-hybridized carbons (Fsp3) is 0.316. The number of nitrogens with zero attached hydrogens (tertiary/aromatic N) is 7. The third kappa shape index (κ3) is 4.48. The average molecular weight is 433 g/mol. The number of rotatable bonds is 5. The maximum Gasteiger partial charge on any atom is 0.416 e. The smallest absolute Gasteiger partial charge is 0.363 e. The molecular formula is C19H18F3N7O2. The number of hydrogen-bond acceptors (Lipinski definition) is 7. The number of hydrogen-bond donors (Lipinski definition) is 0. The van der Waals surface area contributed by atoms with E-state index in [0.717, 1.165) is 11.8 Å². The molecule has 3 aromatic rings. The molecule has 9 nitrogen and oxygen atoms in total. The van der Waals surface area contributed by atoms with E-state index in [1.54, 1.807) is 9.58 Å². The number of anilines is 1. The lowest BCUT2D eigenvalue weighted by Gasteiger charge is -2.35. The molecule has 0 saturated carbocycles. The highest BCUT2D eigenvalue weighted by Gasteiger charge is 2.34. The number of nitro groups is 1. The summed E-state index contributed by atoms with van der Waals surface area (Å²) in [4.78, 5) is 14.4.